The second-order valence-corrected chi connectivity index (χ2v) is 13.8. The number of hydrogen-bond acceptors (Lipinski definition) is 6. The molecular formula is C31H38F4N4O3S. The van der Waals surface area contributed by atoms with Crippen LogP contribution in [0.1, 0.15) is 39.2 Å². The molecule has 0 amide bonds. The number of hydrogen-bond donors (Lipinski definition) is 0. The van der Waals surface area contributed by atoms with Gasteiger partial charge in [-0.1, -0.05) is 18.8 Å². The van der Waals surface area contributed by atoms with Gasteiger partial charge in [0.15, 0.2) is 9.84 Å². The average Bonchev–Trinajstić information content (AvgIpc) is 3.29. The number of rotatable bonds is 9. The lowest BCUT2D eigenvalue weighted by Crippen LogP contribution is -2.51. The fraction of sp³-hybridized carbons (Fsp3) is 0.516. The third-order valence-electron chi connectivity index (χ3n) is 7.71. The van der Waals surface area contributed by atoms with E-state index in [9.17, 15) is 26.0 Å². The molecule has 0 unspecified atom stereocenters. The van der Waals surface area contributed by atoms with Crippen molar-refractivity contribution in [1.29, 1.82) is 0 Å². The molecule has 234 valence electrons. The third kappa shape index (κ3) is 8.63. The Morgan fingerprint density at radius 3 is 2.51 bits per heavy atom. The molecule has 0 spiro atoms. The van der Waals surface area contributed by atoms with Crippen LogP contribution in [0.3, 0.4) is 0 Å². The zero-order valence-corrected chi connectivity index (χ0v) is 25.9. The predicted octanol–water partition coefficient (Wildman–Crippen LogP) is 5.72. The zero-order valence-electron chi connectivity index (χ0n) is 25.1. The van der Waals surface area contributed by atoms with Crippen molar-refractivity contribution in [3.05, 3.63) is 48.3 Å². The Balaban J connectivity index is 1.64. The van der Waals surface area contributed by atoms with Crippen molar-refractivity contribution < 1.29 is 30.7 Å². The smallest absolute Gasteiger partial charge is 0.406 e. The summed E-state index contributed by atoms with van der Waals surface area (Å²) in [4.78, 5) is 8.56. The summed E-state index contributed by atoms with van der Waals surface area (Å²) < 4.78 is 84.4. The molecule has 0 aliphatic carbocycles. The highest BCUT2D eigenvalue weighted by Gasteiger charge is 2.33. The molecule has 1 aliphatic heterocycles. The topological polar surface area (TPSA) is 67.7 Å². The second kappa shape index (κ2) is 12.7. The van der Waals surface area contributed by atoms with E-state index in [4.69, 9.17) is 4.74 Å². The highest BCUT2D eigenvalue weighted by Crippen LogP contribution is 2.36. The first-order valence-electron chi connectivity index (χ1n) is 14.1. The van der Waals surface area contributed by atoms with Crippen LogP contribution < -0.4 is 9.64 Å². The molecular weight excluding hydrogens is 584 g/mol. The Labute approximate surface area is 250 Å². The van der Waals surface area contributed by atoms with Gasteiger partial charge in [-0.15, -0.1) is 0 Å². The molecule has 0 N–H and O–H groups in total. The minimum absolute atomic E-state index is 0.0256. The first-order chi connectivity index (χ1) is 20.0. The summed E-state index contributed by atoms with van der Waals surface area (Å²) in [7, 11) is -1.98. The van der Waals surface area contributed by atoms with Gasteiger partial charge in [-0.25, -0.2) is 17.8 Å². The van der Waals surface area contributed by atoms with E-state index in [-0.39, 0.29) is 23.4 Å². The Morgan fingerprint density at radius 2 is 1.88 bits per heavy atom. The number of ether oxygens (including phenoxy) is 1. The van der Waals surface area contributed by atoms with E-state index in [1.54, 1.807) is 44.2 Å². The lowest BCUT2D eigenvalue weighted by molar-refractivity contribution is -0.139. The SMILES string of the molecule is COc1cc(S(C)(=O)=O)ccc1N(CC#Cc1ccc2ncn(CC(F)(F)F)c2c1)[C@H]1CCN(CCC(C)(C)F)C[C@@H]1C. The van der Waals surface area contributed by atoms with Crippen molar-refractivity contribution in [3.63, 3.8) is 0 Å². The van der Waals surface area contributed by atoms with Gasteiger partial charge in [-0.2, -0.15) is 13.2 Å². The first kappa shape index (κ1) is 32.6. The molecule has 0 saturated carbocycles. The van der Waals surface area contributed by atoms with Crippen LogP contribution >= 0.6 is 0 Å². The molecule has 7 nitrogen and oxygen atoms in total. The number of anilines is 1. The van der Waals surface area contributed by atoms with Crippen LogP contribution in [-0.4, -0.2) is 80.3 Å². The molecule has 1 aromatic heterocycles. The third-order valence-corrected chi connectivity index (χ3v) is 8.82. The number of fused-ring (bicyclic) bond motifs is 1. The van der Waals surface area contributed by atoms with Gasteiger partial charge in [0.05, 0.1) is 41.6 Å². The van der Waals surface area contributed by atoms with Crippen LogP contribution in [0.5, 0.6) is 5.75 Å². The number of alkyl halides is 4. The van der Waals surface area contributed by atoms with Gasteiger partial charge in [0.1, 0.15) is 18.0 Å². The predicted molar refractivity (Wildman–Crippen MR) is 160 cm³/mol. The van der Waals surface area contributed by atoms with Crippen molar-refractivity contribution >= 4 is 26.6 Å². The number of benzene rings is 2. The number of methoxy groups -OCH3 is 1. The monoisotopic (exact) mass is 622 g/mol. The van der Waals surface area contributed by atoms with Gasteiger partial charge >= 0.3 is 6.18 Å². The van der Waals surface area contributed by atoms with E-state index in [1.165, 1.54) is 19.5 Å². The van der Waals surface area contributed by atoms with Gasteiger partial charge in [0.25, 0.3) is 0 Å². The summed E-state index contributed by atoms with van der Waals surface area (Å²) in [5.41, 5.74) is 0.787. The fourth-order valence-corrected chi connectivity index (χ4v) is 6.13. The number of halogens is 4. The van der Waals surface area contributed by atoms with Gasteiger partial charge < -0.3 is 19.1 Å². The normalized spacial score (nSPS) is 18.3. The standard InChI is InChI=1S/C31H38F4N4O3S/c1-22-19-37(16-13-30(2,3)32)15-12-26(22)39(27-11-9-24(43(5,40)41)18-29(27)42-4)14-6-7-23-8-10-25-28(17-23)38(21-36-25)20-31(33,34)35/h8-11,17-18,21-22,26H,12-16,19-20H2,1-5H3/t22-,26-/m0/s1. The Morgan fingerprint density at radius 1 is 1.14 bits per heavy atom. The van der Waals surface area contributed by atoms with Crippen molar-refractivity contribution in [3.8, 4) is 17.6 Å². The van der Waals surface area contributed by atoms with Crippen molar-refractivity contribution in [2.24, 2.45) is 5.92 Å². The number of piperidine rings is 1. The quantitative estimate of drug-likeness (QED) is 0.225. The van der Waals surface area contributed by atoms with Crippen molar-refractivity contribution in [1.82, 2.24) is 14.5 Å². The molecule has 3 aromatic rings. The van der Waals surface area contributed by atoms with E-state index in [1.807, 2.05) is 0 Å². The Kier molecular flexibility index (Phi) is 9.66. The Hall–Kier alpha value is -3.30. The molecule has 12 heteroatoms. The van der Waals surface area contributed by atoms with Crippen molar-refractivity contribution in [2.45, 2.75) is 62.9 Å². The fourth-order valence-electron chi connectivity index (χ4n) is 5.50. The van der Waals surface area contributed by atoms with E-state index in [2.05, 4.69) is 33.5 Å². The van der Waals surface area contributed by atoms with E-state index in [0.29, 0.717) is 41.0 Å². The summed E-state index contributed by atoms with van der Waals surface area (Å²) in [5.74, 6) is 6.84. The summed E-state index contributed by atoms with van der Waals surface area (Å²) in [6.45, 7) is 6.59. The number of likely N-dealkylation sites (tertiary alicyclic amines) is 1. The van der Waals surface area contributed by atoms with Crippen LogP contribution in [-0.2, 0) is 16.4 Å². The number of sulfone groups is 1. The maximum absolute atomic E-state index is 14.1. The number of aromatic nitrogens is 2. The molecule has 2 heterocycles. The van der Waals surface area contributed by atoms with Gasteiger partial charge in [0, 0.05) is 43.6 Å². The van der Waals surface area contributed by atoms with Gasteiger partial charge in [-0.05, 0) is 62.9 Å². The summed E-state index contributed by atoms with van der Waals surface area (Å²) >= 11 is 0. The minimum Gasteiger partial charge on any atom is -0.495 e. The zero-order chi connectivity index (χ0) is 31.6. The molecule has 1 saturated heterocycles. The lowest BCUT2D eigenvalue weighted by atomic mass is 9.91. The maximum Gasteiger partial charge on any atom is 0.406 e. The highest BCUT2D eigenvalue weighted by molar-refractivity contribution is 7.90. The van der Waals surface area contributed by atoms with Crippen molar-refractivity contribution in [2.75, 3.05) is 44.4 Å². The van der Waals surface area contributed by atoms with Crippen LogP contribution in [0, 0.1) is 17.8 Å². The highest BCUT2D eigenvalue weighted by atomic mass is 32.2. The molecule has 1 fully saturated rings. The molecule has 0 bridgehead atoms. The van der Waals surface area contributed by atoms with Crippen LogP contribution in [0.25, 0.3) is 11.0 Å². The molecule has 2 atom stereocenters. The lowest BCUT2D eigenvalue weighted by Gasteiger charge is -2.43. The summed E-state index contributed by atoms with van der Waals surface area (Å²) in [5, 5.41) is 0. The maximum atomic E-state index is 14.1. The first-order valence-corrected chi connectivity index (χ1v) is 16.0. The van der Waals surface area contributed by atoms with Gasteiger partial charge in [0.2, 0.25) is 0 Å². The van der Waals surface area contributed by atoms with Gasteiger partial charge in [-0.3, -0.25) is 0 Å². The van der Waals surface area contributed by atoms with E-state index >= 15 is 0 Å². The average molecular weight is 623 g/mol. The molecule has 43 heavy (non-hydrogen) atoms. The molecule has 4 rings (SSSR count). The molecule has 1 aliphatic rings. The number of nitrogens with zero attached hydrogens (tertiary/aromatic N) is 4. The minimum atomic E-state index is -4.38. The summed E-state index contributed by atoms with van der Waals surface area (Å²) in [6, 6.07) is 9.77. The van der Waals surface area contributed by atoms with Crippen LogP contribution in [0.2, 0.25) is 0 Å². The van der Waals surface area contributed by atoms with E-state index in [0.717, 1.165) is 30.3 Å². The van der Waals surface area contributed by atoms with E-state index < -0.39 is 28.2 Å². The largest absolute Gasteiger partial charge is 0.495 e. The molecule has 2 aromatic carbocycles. The van der Waals surface area contributed by atoms with Crippen LogP contribution in [0.15, 0.2) is 47.6 Å². The molecule has 0 radical (unpaired) electrons. The second-order valence-electron chi connectivity index (χ2n) is 11.8. The summed E-state index contributed by atoms with van der Waals surface area (Å²) in [6.07, 6.45) is -0.859. The van der Waals surface area contributed by atoms with Crippen LogP contribution in [0.4, 0.5) is 23.2 Å². The number of imidazole rings is 1. The Bertz CT molecular complexity index is 1600.